The number of nitrogens with one attached hydrogen (secondary N) is 1. The van der Waals surface area contributed by atoms with Gasteiger partial charge in [-0.3, -0.25) is 0 Å². The standard InChI is InChI=1S/C18H23N.ClH/c1-14(2)17-11-9-16(10-12-17)13-19-15(3)18-7-5-4-6-8-18;/h4-12,14-15,19H,13H2,1-3H3;1H. The van der Waals surface area contributed by atoms with E-state index in [0.717, 1.165) is 6.54 Å². The van der Waals surface area contributed by atoms with Crippen molar-refractivity contribution < 1.29 is 0 Å². The summed E-state index contributed by atoms with van der Waals surface area (Å²) in [7, 11) is 0. The van der Waals surface area contributed by atoms with E-state index in [-0.39, 0.29) is 12.4 Å². The molecule has 0 heterocycles. The Bertz CT molecular complexity index is 491. The predicted molar refractivity (Wildman–Crippen MR) is 89.5 cm³/mol. The van der Waals surface area contributed by atoms with Crippen molar-refractivity contribution >= 4 is 12.4 Å². The summed E-state index contributed by atoms with van der Waals surface area (Å²) in [6.45, 7) is 7.57. The molecule has 2 aromatic carbocycles. The zero-order valence-electron chi connectivity index (χ0n) is 12.5. The van der Waals surface area contributed by atoms with Crippen LogP contribution in [0.1, 0.15) is 49.4 Å². The summed E-state index contributed by atoms with van der Waals surface area (Å²) in [5, 5.41) is 3.56. The van der Waals surface area contributed by atoms with Crippen LogP contribution in [0.15, 0.2) is 54.6 Å². The minimum atomic E-state index is 0. The summed E-state index contributed by atoms with van der Waals surface area (Å²) in [4.78, 5) is 0. The maximum absolute atomic E-state index is 3.56. The molecule has 1 nitrogen and oxygen atoms in total. The van der Waals surface area contributed by atoms with Crippen molar-refractivity contribution in [3.05, 3.63) is 71.3 Å². The van der Waals surface area contributed by atoms with Crippen LogP contribution in [-0.4, -0.2) is 0 Å². The van der Waals surface area contributed by atoms with Crippen LogP contribution in [0, 0.1) is 0 Å². The van der Waals surface area contributed by atoms with Crippen LogP contribution in [0.5, 0.6) is 0 Å². The Morgan fingerprint density at radius 1 is 0.800 bits per heavy atom. The van der Waals surface area contributed by atoms with Crippen molar-refractivity contribution in [1.29, 1.82) is 0 Å². The third kappa shape index (κ3) is 4.66. The highest BCUT2D eigenvalue weighted by Gasteiger charge is 2.04. The number of hydrogen-bond acceptors (Lipinski definition) is 1. The number of benzene rings is 2. The minimum Gasteiger partial charge on any atom is -0.306 e. The van der Waals surface area contributed by atoms with Gasteiger partial charge in [0.2, 0.25) is 0 Å². The molecule has 1 unspecified atom stereocenters. The van der Waals surface area contributed by atoms with E-state index in [1.165, 1.54) is 16.7 Å². The highest BCUT2D eigenvalue weighted by atomic mass is 35.5. The highest BCUT2D eigenvalue weighted by molar-refractivity contribution is 5.85. The Morgan fingerprint density at radius 2 is 1.40 bits per heavy atom. The van der Waals surface area contributed by atoms with Gasteiger partial charge in [-0.1, -0.05) is 68.4 Å². The van der Waals surface area contributed by atoms with Gasteiger partial charge < -0.3 is 5.32 Å². The largest absolute Gasteiger partial charge is 0.306 e. The summed E-state index contributed by atoms with van der Waals surface area (Å²) >= 11 is 0. The van der Waals surface area contributed by atoms with Crippen LogP contribution in [0.2, 0.25) is 0 Å². The quantitative estimate of drug-likeness (QED) is 0.809. The van der Waals surface area contributed by atoms with Crippen LogP contribution in [0.25, 0.3) is 0 Å². The Labute approximate surface area is 128 Å². The maximum Gasteiger partial charge on any atom is 0.0294 e. The first kappa shape index (κ1) is 16.7. The molecule has 0 fully saturated rings. The van der Waals surface area contributed by atoms with Crippen molar-refractivity contribution in [3.8, 4) is 0 Å². The Hall–Kier alpha value is -1.31. The van der Waals surface area contributed by atoms with Crippen LogP contribution in [-0.2, 0) is 6.54 Å². The monoisotopic (exact) mass is 289 g/mol. The second-order valence-corrected chi connectivity index (χ2v) is 5.41. The molecule has 0 spiro atoms. The molecular formula is C18H24ClN. The Balaban J connectivity index is 0.00000200. The summed E-state index contributed by atoms with van der Waals surface area (Å²) in [5.41, 5.74) is 4.08. The lowest BCUT2D eigenvalue weighted by Crippen LogP contribution is -2.17. The van der Waals surface area contributed by atoms with Crippen LogP contribution in [0.4, 0.5) is 0 Å². The van der Waals surface area contributed by atoms with Gasteiger partial charge >= 0.3 is 0 Å². The van der Waals surface area contributed by atoms with Gasteiger partial charge in [-0.15, -0.1) is 12.4 Å². The number of hydrogen-bond donors (Lipinski definition) is 1. The van der Waals surface area contributed by atoms with Crippen molar-refractivity contribution in [1.82, 2.24) is 5.32 Å². The van der Waals surface area contributed by atoms with Crippen molar-refractivity contribution in [2.24, 2.45) is 0 Å². The molecule has 2 heteroatoms. The molecule has 0 aliphatic carbocycles. The summed E-state index contributed by atoms with van der Waals surface area (Å²) < 4.78 is 0. The van der Waals surface area contributed by atoms with Gasteiger partial charge in [-0.05, 0) is 29.5 Å². The van der Waals surface area contributed by atoms with E-state index in [2.05, 4.69) is 80.7 Å². The normalized spacial score (nSPS) is 12.0. The second kappa shape index (κ2) is 8.08. The summed E-state index contributed by atoms with van der Waals surface area (Å²) in [6.07, 6.45) is 0. The molecule has 0 aliphatic heterocycles. The lowest BCUT2D eigenvalue weighted by atomic mass is 10.0. The molecule has 108 valence electrons. The molecule has 2 aromatic rings. The maximum atomic E-state index is 3.56. The average molecular weight is 290 g/mol. The summed E-state index contributed by atoms with van der Waals surface area (Å²) in [6, 6.07) is 19.9. The Kier molecular flexibility index (Phi) is 6.77. The van der Waals surface area contributed by atoms with E-state index in [4.69, 9.17) is 0 Å². The number of halogens is 1. The fraction of sp³-hybridized carbons (Fsp3) is 0.333. The van der Waals surface area contributed by atoms with E-state index in [1.54, 1.807) is 0 Å². The molecular weight excluding hydrogens is 266 g/mol. The lowest BCUT2D eigenvalue weighted by Gasteiger charge is -2.14. The molecule has 0 aromatic heterocycles. The van der Waals surface area contributed by atoms with Crippen LogP contribution in [0.3, 0.4) is 0 Å². The molecule has 0 bridgehead atoms. The molecule has 0 saturated carbocycles. The first-order valence-corrected chi connectivity index (χ1v) is 7.04. The van der Waals surface area contributed by atoms with Crippen molar-refractivity contribution in [2.75, 3.05) is 0 Å². The summed E-state index contributed by atoms with van der Waals surface area (Å²) in [5.74, 6) is 0.602. The topological polar surface area (TPSA) is 12.0 Å². The molecule has 1 N–H and O–H groups in total. The second-order valence-electron chi connectivity index (χ2n) is 5.41. The SMILES string of the molecule is CC(C)c1ccc(CNC(C)c2ccccc2)cc1.Cl. The van der Waals surface area contributed by atoms with Gasteiger partial charge in [-0.2, -0.15) is 0 Å². The fourth-order valence-corrected chi connectivity index (χ4v) is 2.15. The van der Waals surface area contributed by atoms with Gasteiger partial charge in [-0.25, -0.2) is 0 Å². The molecule has 0 saturated heterocycles. The third-order valence-electron chi connectivity index (χ3n) is 3.56. The minimum absolute atomic E-state index is 0. The van der Waals surface area contributed by atoms with E-state index < -0.39 is 0 Å². The number of rotatable bonds is 5. The van der Waals surface area contributed by atoms with E-state index >= 15 is 0 Å². The van der Waals surface area contributed by atoms with Crippen LogP contribution < -0.4 is 5.32 Å². The highest BCUT2D eigenvalue weighted by Crippen LogP contribution is 2.16. The van der Waals surface area contributed by atoms with Crippen molar-refractivity contribution in [2.45, 2.75) is 39.3 Å². The third-order valence-corrected chi connectivity index (χ3v) is 3.56. The first-order valence-electron chi connectivity index (χ1n) is 7.04. The van der Waals surface area contributed by atoms with Crippen LogP contribution >= 0.6 is 12.4 Å². The molecule has 0 amide bonds. The predicted octanol–water partition coefficient (Wildman–Crippen LogP) is 5.08. The van der Waals surface area contributed by atoms with Gasteiger partial charge in [0.15, 0.2) is 0 Å². The molecule has 20 heavy (non-hydrogen) atoms. The van der Waals surface area contributed by atoms with Gasteiger partial charge in [0.05, 0.1) is 0 Å². The van der Waals surface area contributed by atoms with Gasteiger partial charge in [0, 0.05) is 12.6 Å². The Morgan fingerprint density at radius 3 is 1.95 bits per heavy atom. The average Bonchev–Trinajstić information content (AvgIpc) is 2.46. The molecule has 2 rings (SSSR count). The van der Waals surface area contributed by atoms with E-state index in [0.29, 0.717) is 12.0 Å². The zero-order chi connectivity index (χ0) is 13.7. The molecule has 0 radical (unpaired) electrons. The molecule has 0 aliphatic rings. The smallest absolute Gasteiger partial charge is 0.0294 e. The zero-order valence-corrected chi connectivity index (χ0v) is 13.3. The first-order chi connectivity index (χ1) is 9.16. The van der Waals surface area contributed by atoms with Crippen molar-refractivity contribution in [3.63, 3.8) is 0 Å². The fourth-order valence-electron chi connectivity index (χ4n) is 2.15. The molecule has 1 atom stereocenters. The lowest BCUT2D eigenvalue weighted by molar-refractivity contribution is 0.574. The van der Waals surface area contributed by atoms with E-state index in [1.807, 2.05) is 0 Å². The van der Waals surface area contributed by atoms with Gasteiger partial charge in [0.25, 0.3) is 0 Å². The van der Waals surface area contributed by atoms with Gasteiger partial charge in [0.1, 0.15) is 0 Å². The van der Waals surface area contributed by atoms with E-state index in [9.17, 15) is 0 Å².